The zero-order chi connectivity index (χ0) is 26.4. The minimum atomic E-state index is -3.40. The summed E-state index contributed by atoms with van der Waals surface area (Å²) in [5.41, 5.74) is 14.1. The van der Waals surface area contributed by atoms with Crippen molar-refractivity contribution in [3.63, 3.8) is 0 Å². The first-order chi connectivity index (χ1) is 18.2. The fourth-order valence-corrected chi connectivity index (χ4v) is 5.20. The number of aromatic nitrogens is 3. The van der Waals surface area contributed by atoms with Gasteiger partial charge in [-0.05, 0) is 82.4 Å². The van der Waals surface area contributed by atoms with Crippen LogP contribution >= 0.6 is 0 Å². The van der Waals surface area contributed by atoms with E-state index in [1.165, 1.54) is 12.1 Å². The molecule has 5 N–H and O–H groups in total. The largest absolute Gasteiger partial charge is 0.399 e. The molecule has 0 radical (unpaired) electrons. The summed E-state index contributed by atoms with van der Waals surface area (Å²) in [6.45, 7) is 0.00656. The van der Waals surface area contributed by atoms with Crippen LogP contribution < -0.4 is 10.5 Å². The number of sulfonamides is 1. The zero-order valence-electron chi connectivity index (χ0n) is 20.4. The molecule has 0 aliphatic heterocycles. The van der Waals surface area contributed by atoms with E-state index in [0.29, 0.717) is 16.8 Å². The minimum absolute atomic E-state index is 0.00656. The number of nitrogens with one attached hydrogen (secondary N) is 3. The molecule has 0 saturated carbocycles. The van der Waals surface area contributed by atoms with Crippen LogP contribution in [0.25, 0.3) is 55.4 Å². The Bertz CT molecular complexity index is 1940. The lowest BCUT2D eigenvalue weighted by Crippen LogP contribution is -2.21. The Labute approximate surface area is 218 Å². The SMILES string of the molecule is CS(=O)(=O)NCc1cc(F)cc(-c2cccc3[nH]c(-c4n[nH]c5ccc(-c6cccc(N)c6)cc45)cc23)c1. The number of rotatable bonds is 6. The van der Waals surface area contributed by atoms with Gasteiger partial charge in [0.2, 0.25) is 10.0 Å². The van der Waals surface area contributed by atoms with Gasteiger partial charge >= 0.3 is 0 Å². The van der Waals surface area contributed by atoms with Gasteiger partial charge in [-0.2, -0.15) is 5.10 Å². The van der Waals surface area contributed by atoms with Crippen molar-refractivity contribution in [2.24, 2.45) is 0 Å². The molecule has 0 atom stereocenters. The van der Waals surface area contributed by atoms with Gasteiger partial charge in [0.25, 0.3) is 0 Å². The van der Waals surface area contributed by atoms with Crippen molar-refractivity contribution < 1.29 is 12.8 Å². The van der Waals surface area contributed by atoms with Crippen LogP contribution in [0.2, 0.25) is 0 Å². The summed E-state index contributed by atoms with van der Waals surface area (Å²) in [6.07, 6.45) is 1.08. The van der Waals surface area contributed by atoms with Crippen molar-refractivity contribution >= 4 is 37.5 Å². The van der Waals surface area contributed by atoms with E-state index in [-0.39, 0.29) is 6.54 Å². The van der Waals surface area contributed by atoms with Gasteiger partial charge in [-0.15, -0.1) is 0 Å². The number of H-pyrrole nitrogens is 2. The average molecular weight is 526 g/mol. The number of nitrogens with two attached hydrogens (primary N) is 1. The summed E-state index contributed by atoms with van der Waals surface area (Å²) in [4.78, 5) is 3.46. The quantitative estimate of drug-likeness (QED) is 0.205. The van der Waals surface area contributed by atoms with Gasteiger partial charge in [-0.1, -0.05) is 30.3 Å². The Morgan fingerprint density at radius 1 is 0.868 bits per heavy atom. The van der Waals surface area contributed by atoms with E-state index in [9.17, 15) is 12.8 Å². The van der Waals surface area contributed by atoms with Crippen LogP contribution in [-0.2, 0) is 16.6 Å². The number of benzene rings is 4. The zero-order valence-corrected chi connectivity index (χ0v) is 21.2. The Kier molecular flexibility index (Phi) is 5.74. The van der Waals surface area contributed by atoms with Crippen LogP contribution in [-0.4, -0.2) is 29.9 Å². The van der Waals surface area contributed by atoms with Crippen LogP contribution in [0.4, 0.5) is 10.1 Å². The molecule has 0 fully saturated rings. The normalized spacial score (nSPS) is 11.9. The monoisotopic (exact) mass is 525 g/mol. The third-order valence-electron chi connectivity index (χ3n) is 6.51. The molecule has 6 aromatic rings. The Morgan fingerprint density at radius 3 is 2.50 bits per heavy atom. The number of fused-ring (bicyclic) bond motifs is 2. The van der Waals surface area contributed by atoms with E-state index in [4.69, 9.17) is 5.73 Å². The number of hydrogen-bond donors (Lipinski definition) is 4. The minimum Gasteiger partial charge on any atom is -0.399 e. The maximum absolute atomic E-state index is 14.5. The molecule has 0 amide bonds. The highest BCUT2D eigenvalue weighted by molar-refractivity contribution is 7.88. The van der Waals surface area contributed by atoms with Gasteiger partial charge in [0.05, 0.1) is 17.5 Å². The van der Waals surface area contributed by atoms with Crippen LogP contribution in [0.5, 0.6) is 0 Å². The lowest BCUT2D eigenvalue weighted by molar-refractivity contribution is 0.586. The fourth-order valence-electron chi connectivity index (χ4n) is 4.77. The second-order valence-corrected chi connectivity index (χ2v) is 11.2. The highest BCUT2D eigenvalue weighted by Crippen LogP contribution is 2.36. The van der Waals surface area contributed by atoms with Gasteiger partial charge in [0.1, 0.15) is 11.5 Å². The topological polar surface area (TPSA) is 117 Å². The third-order valence-corrected chi connectivity index (χ3v) is 7.18. The summed E-state index contributed by atoms with van der Waals surface area (Å²) in [7, 11) is -3.40. The van der Waals surface area contributed by atoms with Crippen molar-refractivity contribution in [1.82, 2.24) is 19.9 Å². The molecule has 190 valence electrons. The van der Waals surface area contributed by atoms with E-state index in [1.54, 1.807) is 6.07 Å². The van der Waals surface area contributed by atoms with Crippen LogP contribution in [0.15, 0.2) is 84.9 Å². The Morgan fingerprint density at radius 2 is 1.68 bits per heavy atom. The number of hydrogen-bond acceptors (Lipinski definition) is 4. The van der Waals surface area contributed by atoms with E-state index in [0.717, 1.165) is 56.1 Å². The molecule has 0 bridgehead atoms. The Balaban J connectivity index is 1.43. The number of halogens is 1. The molecular formula is C29H24FN5O2S. The molecule has 0 aliphatic carbocycles. The molecule has 0 saturated heterocycles. The molecule has 0 spiro atoms. The first-order valence-corrected chi connectivity index (χ1v) is 13.8. The Hall–Kier alpha value is -4.47. The number of aromatic amines is 2. The molecule has 2 aromatic heterocycles. The van der Waals surface area contributed by atoms with Gasteiger partial charge in [0.15, 0.2) is 0 Å². The lowest BCUT2D eigenvalue weighted by Gasteiger charge is -2.08. The fraction of sp³-hybridized carbons (Fsp3) is 0.0690. The van der Waals surface area contributed by atoms with Crippen molar-refractivity contribution in [2.75, 3.05) is 12.0 Å². The van der Waals surface area contributed by atoms with Gasteiger partial charge in [-0.25, -0.2) is 17.5 Å². The standard InChI is InChI=1S/C29H24FN5O2S/c1-38(36,37)32-16-17-10-20(12-21(30)11-17)23-6-3-7-26-24(23)15-28(33-26)29-25-14-19(8-9-27(25)34-35-29)18-4-2-5-22(31)13-18/h2-15,32-33H,16,31H2,1H3,(H,34,35). The molecule has 38 heavy (non-hydrogen) atoms. The molecular weight excluding hydrogens is 501 g/mol. The molecule has 9 heteroatoms. The van der Waals surface area contributed by atoms with Crippen LogP contribution in [0.1, 0.15) is 5.56 Å². The highest BCUT2D eigenvalue weighted by atomic mass is 32.2. The maximum atomic E-state index is 14.5. The highest BCUT2D eigenvalue weighted by Gasteiger charge is 2.15. The summed E-state index contributed by atoms with van der Waals surface area (Å²) in [5.74, 6) is -0.437. The molecule has 4 aromatic carbocycles. The molecule has 7 nitrogen and oxygen atoms in total. The number of anilines is 1. The summed E-state index contributed by atoms with van der Waals surface area (Å²) < 4.78 is 40.0. The number of nitrogen functional groups attached to an aromatic ring is 1. The lowest BCUT2D eigenvalue weighted by atomic mass is 9.99. The summed E-state index contributed by atoms with van der Waals surface area (Å²) in [5, 5.41) is 9.55. The third kappa shape index (κ3) is 4.65. The average Bonchev–Trinajstić information content (AvgIpc) is 3.50. The van der Waals surface area contributed by atoms with Crippen molar-refractivity contribution in [3.8, 4) is 33.6 Å². The first kappa shape index (κ1) is 23.9. The summed E-state index contributed by atoms with van der Waals surface area (Å²) in [6, 6.07) is 26.2. The molecule has 6 rings (SSSR count). The smallest absolute Gasteiger partial charge is 0.209 e. The maximum Gasteiger partial charge on any atom is 0.209 e. The van der Waals surface area contributed by atoms with Crippen LogP contribution in [0, 0.1) is 5.82 Å². The second kappa shape index (κ2) is 9.13. The van der Waals surface area contributed by atoms with E-state index < -0.39 is 15.8 Å². The van der Waals surface area contributed by atoms with Crippen molar-refractivity contribution in [1.29, 1.82) is 0 Å². The predicted octanol–water partition coefficient (Wildman–Crippen LogP) is 5.82. The van der Waals surface area contributed by atoms with Crippen molar-refractivity contribution in [3.05, 3.63) is 96.3 Å². The molecule has 2 heterocycles. The number of nitrogens with zero attached hydrogens (tertiary/aromatic N) is 1. The first-order valence-electron chi connectivity index (χ1n) is 11.9. The van der Waals surface area contributed by atoms with Gasteiger partial charge in [-0.3, -0.25) is 5.10 Å². The molecule has 0 aliphatic rings. The molecule has 0 unspecified atom stereocenters. The van der Waals surface area contributed by atoms with Gasteiger partial charge < -0.3 is 10.7 Å². The van der Waals surface area contributed by atoms with E-state index in [1.807, 2.05) is 60.7 Å². The second-order valence-electron chi connectivity index (χ2n) is 9.35. The van der Waals surface area contributed by atoms with Crippen LogP contribution in [0.3, 0.4) is 0 Å². The van der Waals surface area contributed by atoms with Gasteiger partial charge in [0, 0.05) is 28.5 Å². The van der Waals surface area contributed by atoms with Crippen molar-refractivity contribution in [2.45, 2.75) is 6.54 Å². The van der Waals surface area contributed by atoms with E-state index in [2.05, 4.69) is 26.0 Å². The van der Waals surface area contributed by atoms with E-state index >= 15 is 0 Å². The predicted molar refractivity (Wildman–Crippen MR) is 150 cm³/mol. The summed E-state index contributed by atoms with van der Waals surface area (Å²) >= 11 is 0.